The number of imidazole rings is 1. The van der Waals surface area contributed by atoms with Gasteiger partial charge in [0.1, 0.15) is 11.6 Å². The lowest BCUT2D eigenvalue weighted by molar-refractivity contribution is 0.0928. The predicted octanol–water partition coefficient (Wildman–Crippen LogP) is 1.51. The van der Waals surface area contributed by atoms with Gasteiger partial charge in [-0.2, -0.15) is 0 Å². The molecular weight excluding hydrogens is 256 g/mol. The predicted molar refractivity (Wildman–Crippen MR) is 75.3 cm³/mol. The number of carbonyl (C=O) groups excluding carboxylic acids is 1. The molecule has 0 aliphatic rings. The van der Waals surface area contributed by atoms with E-state index in [1.165, 1.54) is 0 Å². The number of nitrogens with zero attached hydrogens (tertiary/aromatic N) is 3. The Morgan fingerprint density at radius 3 is 2.75 bits per heavy atom. The number of rotatable bonds is 6. The first kappa shape index (κ1) is 14.0. The smallest absolute Gasteiger partial charge is 0.272 e. The molecule has 0 radical (unpaired) electrons. The van der Waals surface area contributed by atoms with Crippen LogP contribution in [-0.2, 0) is 0 Å². The zero-order chi connectivity index (χ0) is 14.4. The highest BCUT2D eigenvalue weighted by atomic mass is 16.2. The Hall–Kier alpha value is -2.44. The second-order valence-corrected chi connectivity index (χ2v) is 4.24. The summed E-state index contributed by atoms with van der Waals surface area (Å²) in [5.74, 6) is 1.13. The van der Waals surface area contributed by atoms with E-state index in [-0.39, 0.29) is 17.6 Å². The van der Waals surface area contributed by atoms with Gasteiger partial charge < -0.3 is 15.6 Å². The van der Waals surface area contributed by atoms with Gasteiger partial charge in [0.2, 0.25) is 0 Å². The third kappa shape index (κ3) is 3.31. The monoisotopic (exact) mass is 274 g/mol. The molecule has 106 valence electrons. The lowest BCUT2D eigenvalue weighted by atomic mass is 10.2. The molecule has 1 unspecified atom stereocenters. The van der Waals surface area contributed by atoms with Gasteiger partial charge in [0, 0.05) is 18.9 Å². The number of aromatic nitrogens is 4. The first-order valence-corrected chi connectivity index (χ1v) is 6.62. The largest absolute Gasteiger partial charge is 0.369 e. The van der Waals surface area contributed by atoms with Gasteiger partial charge in [-0.1, -0.05) is 6.92 Å². The van der Waals surface area contributed by atoms with Gasteiger partial charge in [-0.05, 0) is 25.5 Å². The summed E-state index contributed by atoms with van der Waals surface area (Å²) in [6.07, 6.45) is 4.13. The van der Waals surface area contributed by atoms with Crippen LogP contribution in [0.25, 0.3) is 0 Å². The fraction of sp³-hybridized carbons (Fsp3) is 0.385. The molecule has 1 atom stereocenters. The van der Waals surface area contributed by atoms with Crippen molar-refractivity contribution < 1.29 is 4.79 Å². The van der Waals surface area contributed by atoms with E-state index in [1.807, 2.05) is 13.8 Å². The Labute approximate surface area is 117 Å². The molecule has 2 aromatic rings. The highest BCUT2D eigenvalue weighted by Gasteiger charge is 2.17. The van der Waals surface area contributed by atoms with Gasteiger partial charge in [0.05, 0.1) is 6.04 Å². The van der Waals surface area contributed by atoms with Crippen molar-refractivity contribution >= 4 is 11.7 Å². The van der Waals surface area contributed by atoms with Crippen LogP contribution in [0.5, 0.6) is 0 Å². The maximum Gasteiger partial charge on any atom is 0.272 e. The van der Waals surface area contributed by atoms with Crippen LogP contribution in [0.15, 0.2) is 24.5 Å². The Morgan fingerprint density at radius 1 is 1.35 bits per heavy atom. The topological polar surface area (TPSA) is 95.6 Å². The van der Waals surface area contributed by atoms with E-state index in [0.29, 0.717) is 5.82 Å². The molecule has 0 saturated heterocycles. The van der Waals surface area contributed by atoms with E-state index in [9.17, 15) is 4.79 Å². The van der Waals surface area contributed by atoms with Gasteiger partial charge >= 0.3 is 0 Å². The van der Waals surface area contributed by atoms with E-state index in [2.05, 4.69) is 30.8 Å². The minimum atomic E-state index is -0.260. The van der Waals surface area contributed by atoms with Gasteiger partial charge in [0.15, 0.2) is 5.69 Å². The molecule has 20 heavy (non-hydrogen) atoms. The summed E-state index contributed by atoms with van der Waals surface area (Å²) < 4.78 is 0. The number of anilines is 1. The lowest BCUT2D eigenvalue weighted by Crippen LogP contribution is -2.29. The Balaban J connectivity index is 2.03. The summed E-state index contributed by atoms with van der Waals surface area (Å²) in [5, 5.41) is 13.8. The summed E-state index contributed by atoms with van der Waals surface area (Å²) in [7, 11) is 0. The van der Waals surface area contributed by atoms with Gasteiger partial charge in [-0.15, -0.1) is 10.2 Å². The molecule has 7 heteroatoms. The number of carbonyl (C=O) groups is 1. The minimum Gasteiger partial charge on any atom is -0.369 e. The van der Waals surface area contributed by atoms with Gasteiger partial charge in [0.25, 0.3) is 5.91 Å². The number of hydrogen-bond donors (Lipinski definition) is 3. The molecule has 0 spiro atoms. The van der Waals surface area contributed by atoms with E-state index in [0.717, 1.165) is 18.8 Å². The number of H-pyrrole nitrogens is 1. The molecule has 0 fully saturated rings. The van der Waals surface area contributed by atoms with Crippen molar-refractivity contribution in [2.24, 2.45) is 0 Å². The minimum absolute atomic E-state index is 0.159. The second kappa shape index (κ2) is 6.65. The summed E-state index contributed by atoms with van der Waals surface area (Å²) in [6.45, 7) is 4.71. The normalized spacial score (nSPS) is 11.9. The SMILES string of the molecule is CCNc1ccc(C(=O)NC(CC)c2ncc[nH]2)nn1. The molecule has 0 aromatic carbocycles. The summed E-state index contributed by atoms with van der Waals surface area (Å²) in [4.78, 5) is 19.3. The summed E-state index contributed by atoms with van der Waals surface area (Å²) >= 11 is 0. The van der Waals surface area contributed by atoms with E-state index in [4.69, 9.17) is 0 Å². The molecule has 2 rings (SSSR count). The summed E-state index contributed by atoms with van der Waals surface area (Å²) in [5.41, 5.74) is 0.289. The Bertz CT molecular complexity index is 536. The average Bonchev–Trinajstić information content (AvgIpc) is 2.99. The molecule has 0 aliphatic carbocycles. The van der Waals surface area contributed by atoms with Crippen molar-refractivity contribution in [3.8, 4) is 0 Å². The van der Waals surface area contributed by atoms with Crippen LogP contribution in [-0.4, -0.2) is 32.6 Å². The van der Waals surface area contributed by atoms with Crippen LogP contribution in [0.4, 0.5) is 5.82 Å². The number of hydrogen-bond acceptors (Lipinski definition) is 5. The van der Waals surface area contributed by atoms with Crippen LogP contribution in [0.2, 0.25) is 0 Å². The maximum absolute atomic E-state index is 12.1. The van der Waals surface area contributed by atoms with Crippen molar-refractivity contribution in [1.82, 2.24) is 25.5 Å². The molecule has 1 amide bonds. The average molecular weight is 274 g/mol. The van der Waals surface area contributed by atoms with Crippen molar-refractivity contribution in [3.05, 3.63) is 36.0 Å². The molecule has 0 aliphatic heterocycles. The molecule has 7 nitrogen and oxygen atoms in total. The van der Waals surface area contributed by atoms with E-state index in [1.54, 1.807) is 24.5 Å². The maximum atomic E-state index is 12.1. The first-order valence-electron chi connectivity index (χ1n) is 6.62. The molecular formula is C13H18N6O. The third-order valence-corrected chi connectivity index (χ3v) is 2.82. The van der Waals surface area contributed by atoms with E-state index >= 15 is 0 Å². The fourth-order valence-electron chi connectivity index (χ4n) is 1.79. The standard InChI is InChI=1S/C13H18N6O/c1-3-9(12-15-7-8-16-12)17-13(20)10-5-6-11(14-4-2)19-18-10/h5-9H,3-4H2,1-2H3,(H,14,19)(H,15,16)(H,17,20). The third-order valence-electron chi connectivity index (χ3n) is 2.82. The van der Waals surface area contributed by atoms with Gasteiger partial charge in [-0.3, -0.25) is 4.79 Å². The van der Waals surface area contributed by atoms with Crippen molar-refractivity contribution in [2.45, 2.75) is 26.3 Å². The van der Waals surface area contributed by atoms with Crippen LogP contribution >= 0.6 is 0 Å². The zero-order valence-corrected chi connectivity index (χ0v) is 11.6. The fourth-order valence-corrected chi connectivity index (χ4v) is 1.79. The van der Waals surface area contributed by atoms with Gasteiger partial charge in [-0.25, -0.2) is 4.98 Å². The highest BCUT2D eigenvalue weighted by molar-refractivity contribution is 5.92. The van der Waals surface area contributed by atoms with Crippen LogP contribution in [0, 0.1) is 0 Å². The van der Waals surface area contributed by atoms with E-state index < -0.39 is 0 Å². The molecule has 0 saturated carbocycles. The van der Waals surface area contributed by atoms with Crippen molar-refractivity contribution in [1.29, 1.82) is 0 Å². The number of nitrogens with one attached hydrogen (secondary N) is 3. The molecule has 3 N–H and O–H groups in total. The Morgan fingerprint density at radius 2 is 2.20 bits per heavy atom. The second-order valence-electron chi connectivity index (χ2n) is 4.24. The molecule has 2 heterocycles. The molecule has 2 aromatic heterocycles. The molecule has 0 bridgehead atoms. The zero-order valence-electron chi connectivity index (χ0n) is 11.6. The van der Waals surface area contributed by atoms with Crippen molar-refractivity contribution in [3.63, 3.8) is 0 Å². The van der Waals surface area contributed by atoms with Crippen molar-refractivity contribution in [2.75, 3.05) is 11.9 Å². The highest BCUT2D eigenvalue weighted by Crippen LogP contribution is 2.12. The summed E-state index contributed by atoms with van der Waals surface area (Å²) in [6, 6.07) is 3.22. The first-order chi connectivity index (χ1) is 9.74. The van der Waals surface area contributed by atoms with Crippen LogP contribution in [0.1, 0.15) is 42.6 Å². The van der Waals surface area contributed by atoms with Crippen LogP contribution in [0.3, 0.4) is 0 Å². The number of aromatic amines is 1. The lowest BCUT2D eigenvalue weighted by Gasteiger charge is -2.14. The Kier molecular flexibility index (Phi) is 4.65. The van der Waals surface area contributed by atoms with Crippen LogP contribution < -0.4 is 10.6 Å². The number of amides is 1. The quantitative estimate of drug-likeness (QED) is 0.742.